The molecular weight excluding hydrogens is 226 g/mol. The van der Waals surface area contributed by atoms with Crippen LogP contribution in [0.1, 0.15) is 26.2 Å². The van der Waals surface area contributed by atoms with E-state index in [1.807, 2.05) is 0 Å². The fourth-order valence-electron chi connectivity index (χ4n) is 2.21. The largest absolute Gasteiger partial charge is 0.488 e. The predicted octanol–water partition coefficient (Wildman–Crippen LogP) is 2.89. The second-order valence-corrected chi connectivity index (χ2v) is 4.75. The standard InChI is InChI=1S/C13H16F2O2/c1-8-2-3-12(16)13(4-8)17-11-6-9(14)5-10(15)7-11/h5-8,12-13,16H,2-4H2,1H3. The molecule has 1 fully saturated rings. The summed E-state index contributed by atoms with van der Waals surface area (Å²) in [5.74, 6) is -0.737. The minimum atomic E-state index is -0.668. The van der Waals surface area contributed by atoms with Crippen molar-refractivity contribution in [3.63, 3.8) is 0 Å². The maximum atomic E-state index is 13.0. The summed E-state index contributed by atoms with van der Waals surface area (Å²) in [6, 6.07) is 3.07. The SMILES string of the molecule is CC1CCC(O)C(Oc2cc(F)cc(F)c2)C1. The molecule has 2 nitrogen and oxygen atoms in total. The third-order valence-corrected chi connectivity index (χ3v) is 3.14. The highest BCUT2D eigenvalue weighted by Crippen LogP contribution is 2.28. The van der Waals surface area contributed by atoms with Crippen molar-refractivity contribution < 1.29 is 18.6 Å². The molecule has 0 aliphatic heterocycles. The maximum Gasteiger partial charge on any atom is 0.129 e. The third kappa shape index (κ3) is 3.16. The van der Waals surface area contributed by atoms with E-state index >= 15 is 0 Å². The molecule has 3 unspecified atom stereocenters. The Morgan fingerprint density at radius 1 is 1.18 bits per heavy atom. The lowest BCUT2D eigenvalue weighted by Gasteiger charge is -2.31. The predicted molar refractivity (Wildman–Crippen MR) is 59.8 cm³/mol. The van der Waals surface area contributed by atoms with Gasteiger partial charge in [0.15, 0.2) is 0 Å². The fourth-order valence-corrected chi connectivity index (χ4v) is 2.21. The van der Waals surface area contributed by atoms with E-state index in [4.69, 9.17) is 4.74 Å². The second kappa shape index (κ2) is 5.00. The van der Waals surface area contributed by atoms with Gasteiger partial charge in [-0.1, -0.05) is 6.92 Å². The average molecular weight is 242 g/mol. The quantitative estimate of drug-likeness (QED) is 0.864. The molecule has 0 spiro atoms. The van der Waals surface area contributed by atoms with Crippen LogP contribution in [0.15, 0.2) is 18.2 Å². The van der Waals surface area contributed by atoms with Gasteiger partial charge >= 0.3 is 0 Å². The monoisotopic (exact) mass is 242 g/mol. The molecule has 4 heteroatoms. The van der Waals surface area contributed by atoms with Crippen molar-refractivity contribution in [3.8, 4) is 5.75 Å². The molecule has 0 radical (unpaired) electrons. The molecule has 1 aliphatic carbocycles. The number of benzene rings is 1. The summed E-state index contributed by atoms with van der Waals surface area (Å²) in [7, 11) is 0. The molecule has 3 atom stereocenters. The van der Waals surface area contributed by atoms with Crippen LogP contribution in [0.25, 0.3) is 0 Å². The van der Waals surface area contributed by atoms with Gasteiger partial charge in [-0.2, -0.15) is 0 Å². The number of aliphatic hydroxyl groups excluding tert-OH is 1. The highest BCUT2D eigenvalue weighted by Gasteiger charge is 2.28. The van der Waals surface area contributed by atoms with Crippen LogP contribution >= 0.6 is 0 Å². The Bertz CT molecular complexity index is 375. The third-order valence-electron chi connectivity index (χ3n) is 3.14. The molecule has 0 saturated heterocycles. The molecule has 17 heavy (non-hydrogen) atoms. The first-order valence-corrected chi connectivity index (χ1v) is 5.85. The minimum absolute atomic E-state index is 0.139. The van der Waals surface area contributed by atoms with Crippen LogP contribution in [-0.2, 0) is 0 Å². The molecule has 2 rings (SSSR count). The van der Waals surface area contributed by atoms with Crippen molar-refractivity contribution in [2.24, 2.45) is 5.92 Å². The lowest BCUT2D eigenvalue weighted by molar-refractivity contribution is -0.00785. The number of aliphatic hydroxyl groups is 1. The summed E-state index contributed by atoms with van der Waals surface area (Å²) in [4.78, 5) is 0. The molecule has 0 heterocycles. The van der Waals surface area contributed by atoms with Crippen molar-refractivity contribution in [1.82, 2.24) is 0 Å². The summed E-state index contributed by atoms with van der Waals surface area (Å²) in [6.45, 7) is 2.08. The van der Waals surface area contributed by atoms with Gasteiger partial charge in [0.05, 0.1) is 6.10 Å². The normalized spacial score (nSPS) is 29.1. The molecule has 0 amide bonds. The van der Waals surface area contributed by atoms with Gasteiger partial charge in [-0.05, 0) is 25.2 Å². The van der Waals surface area contributed by atoms with Gasteiger partial charge in [-0.3, -0.25) is 0 Å². The molecular formula is C13H16F2O2. The highest BCUT2D eigenvalue weighted by atomic mass is 19.1. The lowest BCUT2D eigenvalue weighted by atomic mass is 9.86. The fraction of sp³-hybridized carbons (Fsp3) is 0.538. The van der Waals surface area contributed by atoms with Crippen LogP contribution in [0.3, 0.4) is 0 Å². The van der Waals surface area contributed by atoms with Gasteiger partial charge in [0.25, 0.3) is 0 Å². The zero-order valence-corrected chi connectivity index (χ0v) is 9.70. The Balaban J connectivity index is 2.08. The second-order valence-electron chi connectivity index (χ2n) is 4.75. The van der Waals surface area contributed by atoms with Crippen molar-refractivity contribution in [2.75, 3.05) is 0 Å². The number of rotatable bonds is 2. The number of halogens is 2. The summed E-state index contributed by atoms with van der Waals surface area (Å²) < 4.78 is 31.4. The molecule has 0 aromatic heterocycles. The summed E-state index contributed by atoms with van der Waals surface area (Å²) >= 11 is 0. The van der Waals surface area contributed by atoms with E-state index in [-0.39, 0.29) is 11.9 Å². The van der Waals surface area contributed by atoms with E-state index in [9.17, 15) is 13.9 Å². The molecule has 0 bridgehead atoms. The van der Waals surface area contributed by atoms with Gasteiger partial charge in [0.1, 0.15) is 23.5 Å². The minimum Gasteiger partial charge on any atom is -0.488 e. The van der Waals surface area contributed by atoms with Gasteiger partial charge in [0.2, 0.25) is 0 Å². The number of ether oxygens (including phenoxy) is 1. The Morgan fingerprint density at radius 3 is 2.47 bits per heavy atom. The summed E-state index contributed by atoms with van der Waals surface area (Å²) in [5.41, 5.74) is 0. The Hall–Kier alpha value is -1.16. The van der Waals surface area contributed by atoms with Gasteiger partial charge < -0.3 is 9.84 Å². The highest BCUT2D eigenvalue weighted by molar-refractivity contribution is 5.24. The van der Waals surface area contributed by atoms with Gasteiger partial charge in [-0.25, -0.2) is 8.78 Å². The molecule has 1 aliphatic rings. The zero-order valence-electron chi connectivity index (χ0n) is 9.70. The Morgan fingerprint density at radius 2 is 1.82 bits per heavy atom. The topological polar surface area (TPSA) is 29.5 Å². The summed E-state index contributed by atoms with van der Waals surface area (Å²) in [5, 5.41) is 9.77. The van der Waals surface area contributed by atoms with E-state index in [2.05, 4.69) is 6.92 Å². The van der Waals surface area contributed by atoms with Crippen LogP contribution in [0.2, 0.25) is 0 Å². The molecule has 1 aromatic carbocycles. The van der Waals surface area contributed by atoms with Crippen LogP contribution < -0.4 is 4.74 Å². The first-order chi connectivity index (χ1) is 8.04. The zero-order chi connectivity index (χ0) is 12.4. The van der Waals surface area contributed by atoms with Gasteiger partial charge in [-0.15, -0.1) is 0 Å². The number of hydrogen-bond donors (Lipinski definition) is 1. The van der Waals surface area contributed by atoms with E-state index in [1.165, 1.54) is 0 Å². The maximum absolute atomic E-state index is 13.0. The van der Waals surface area contributed by atoms with E-state index in [0.717, 1.165) is 24.6 Å². The van der Waals surface area contributed by atoms with E-state index in [1.54, 1.807) is 0 Å². The van der Waals surface area contributed by atoms with E-state index < -0.39 is 17.7 Å². The lowest BCUT2D eigenvalue weighted by Crippen LogP contribution is -2.37. The van der Waals surface area contributed by atoms with Crippen LogP contribution in [-0.4, -0.2) is 17.3 Å². The Kier molecular flexibility index (Phi) is 3.62. The molecule has 1 aromatic rings. The van der Waals surface area contributed by atoms with Crippen molar-refractivity contribution in [3.05, 3.63) is 29.8 Å². The van der Waals surface area contributed by atoms with Crippen molar-refractivity contribution in [1.29, 1.82) is 0 Å². The smallest absolute Gasteiger partial charge is 0.129 e. The molecule has 94 valence electrons. The van der Waals surface area contributed by atoms with Gasteiger partial charge in [0, 0.05) is 18.2 Å². The molecule has 1 saturated carbocycles. The average Bonchev–Trinajstić information content (AvgIpc) is 2.22. The molecule has 1 N–H and O–H groups in total. The van der Waals surface area contributed by atoms with Crippen LogP contribution in [0, 0.1) is 17.6 Å². The first-order valence-electron chi connectivity index (χ1n) is 5.85. The summed E-state index contributed by atoms with van der Waals surface area (Å²) in [6.07, 6.45) is 1.40. The van der Waals surface area contributed by atoms with Crippen molar-refractivity contribution in [2.45, 2.75) is 38.4 Å². The van der Waals surface area contributed by atoms with E-state index in [0.29, 0.717) is 18.8 Å². The first kappa shape index (κ1) is 12.3. The number of hydrogen-bond acceptors (Lipinski definition) is 2. The Labute approximate surface area is 99.2 Å². The van der Waals surface area contributed by atoms with Crippen LogP contribution in [0.5, 0.6) is 5.75 Å². The van der Waals surface area contributed by atoms with Crippen molar-refractivity contribution >= 4 is 0 Å². The van der Waals surface area contributed by atoms with Crippen LogP contribution in [0.4, 0.5) is 8.78 Å².